The number of carbonyl (C=O) groups excluding carboxylic acids is 3. The van der Waals surface area contributed by atoms with Crippen molar-refractivity contribution in [3.05, 3.63) is 65.6 Å². The Bertz CT molecular complexity index is 1830. The number of nitrogens with one attached hydrogen (secondary N) is 6. The van der Waals surface area contributed by atoms with Gasteiger partial charge >= 0.3 is 11.7 Å². The molecule has 0 fully saturated rings. The summed E-state index contributed by atoms with van der Waals surface area (Å²) in [4.78, 5) is 68.9. The maximum absolute atomic E-state index is 12.9. The zero-order valence-electron chi connectivity index (χ0n) is 27.6. The number of aromatic nitrogens is 5. The van der Waals surface area contributed by atoms with E-state index in [1.807, 2.05) is 0 Å². The summed E-state index contributed by atoms with van der Waals surface area (Å²) in [5.74, 6) is -0.782. The van der Waals surface area contributed by atoms with Crippen molar-refractivity contribution in [2.45, 2.75) is 33.2 Å². The summed E-state index contributed by atoms with van der Waals surface area (Å²) >= 11 is 0. The Labute approximate surface area is 282 Å². The van der Waals surface area contributed by atoms with Crippen LogP contribution in [0.2, 0.25) is 0 Å². The van der Waals surface area contributed by atoms with E-state index in [4.69, 9.17) is 4.74 Å². The number of Topliss-reactive ketones (excluding diaryl/α,β-unsaturated/α-hetero) is 1. The molecule has 0 saturated carbocycles. The van der Waals surface area contributed by atoms with E-state index in [1.54, 1.807) is 42.5 Å². The van der Waals surface area contributed by atoms with Crippen molar-refractivity contribution in [3.8, 4) is 0 Å². The first-order valence-electron chi connectivity index (χ1n) is 15.7. The molecule has 2 heterocycles. The smallest absolute Gasteiger partial charge is 0.330 e. The second kappa shape index (κ2) is 17.8. The lowest BCUT2D eigenvalue weighted by molar-refractivity contribution is -0.137. The Balaban J connectivity index is 1.40. The summed E-state index contributed by atoms with van der Waals surface area (Å²) in [5, 5.41) is 20.1. The predicted octanol–water partition coefficient (Wildman–Crippen LogP) is 3.75. The number of azo groups is 1. The molecule has 1 amide bonds. The molecule has 1 unspecified atom stereocenters. The van der Waals surface area contributed by atoms with Gasteiger partial charge in [-0.25, -0.2) is 9.59 Å². The van der Waals surface area contributed by atoms with Crippen LogP contribution in [-0.4, -0.2) is 92.9 Å². The molecule has 0 aliphatic rings. The van der Waals surface area contributed by atoms with Gasteiger partial charge in [0.05, 0.1) is 23.3 Å². The minimum Gasteiger partial charge on any atom is -0.461 e. The van der Waals surface area contributed by atoms with Gasteiger partial charge in [0.2, 0.25) is 23.9 Å². The highest BCUT2D eigenvalue weighted by Gasteiger charge is 2.23. The van der Waals surface area contributed by atoms with Gasteiger partial charge in [0.25, 0.3) is 5.91 Å². The fourth-order valence-electron chi connectivity index (χ4n) is 4.51. The highest BCUT2D eigenvalue weighted by Crippen LogP contribution is 2.21. The second-order valence-corrected chi connectivity index (χ2v) is 10.6. The summed E-state index contributed by atoms with van der Waals surface area (Å²) in [6.07, 6.45) is 1.98. The molecule has 0 aliphatic carbocycles. The zero-order chi connectivity index (χ0) is 35.2. The van der Waals surface area contributed by atoms with Crippen LogP contribution in [0.1, 0.15) is 27.2 Å². The standard InChI is InChI=1S/C32H40N12O5/c1-5-26(46)49-18-16-34-30-39-29(33-15-8-17-44(6-2)7-3)40-31(41-30)36-21-9-11-22(12-10-21)42-43-27(20(4)45)28(47)35-23-13-14-24-25(19-23)38-32(48)37-24/h5,9-14,19,27H,1,6-8,15-18H2,2-4H3,(H,35,47)(H2,37,38,48)(H3,33,34,36,39,40,41)/b43-42+. The van der Waals surface area contributed by atoms with E-state index in [2.05, 4.69) is 81.7 Å². The summed E-state index contributed by atoms with van der Waals surface area (Å²) in [7, 11) is 0. The molecule has 6 N–H and O–H groups in total. The van der Waals surface area contributed by atoms with E-state index < -0.39 is 23.7 Å². The number of imidazole rings is 1. The molecule has 17 heteroatoms. The number of amides is 1. The van der Waals surface area contributed by atoms with Crippen molar-refractivity contribution < 1.29 is 19.1 Å². The number of fused-ring (bicyclic) bond motifs is 1. The molecule has 0 radical (unpaired) electrons. The number of rotatable bonds is 19. The van der Waals surface area contributed by atoms with Crippen molar-refractivity contribution in [3.63, 3.8) is 0 Å². The number of aromatic amines is 2. The molecular weight excluding hydrogens is 632 g/mol. The lowest BCUT2D eigenvalue weighted by Gasteiger charge is -2.17. The van der Waals surface area contributed by atoms with Crippen LogP contribution in [0.3, 0.4) is 0 Å². The number of hydrogen-bond donors (Lipinski definition) is 6. The number of hydrogen-bond acceptors (Lipinski definition) is 14. The molecule has 2 aromatic heterocycles. The van der Waals surface area contributed by atoms with Crippen LogP contribution in [0.5, 0.6) is 0 Å². The zero-order valence-corrected chi connectivity index (χ0v) is 27.6. The molecule has 0 saturated heterocycles. The average molecular weight is 673 g/mol. The number of carbonyl (C=O) groups is 3. The Morgan fingerprint density at radius 3 is 2.27 bits per heavy atom. The normalized spacial score (nSPS) is 11.8. The third kappa shape index (κ3) is 11.1. The van der Waals surface area contributed by atoms with Gasteiger partial charge in [-0.3, -0.25) is 9.59 Å². The molecule has 0 aliphatic heterocycles. The molecule has 0 spiro atoms. The van der Waals surface area contributed by atoms with Crippen molar-refractivity contribution in [2.24, 2.45) is 10.2 Å². The van der Waals surface area contributed by atoms with Gasteiger partial charge in [0.15, 0.2) is 5.78 Å². The van der Waals surface area contributed by atoms with Crippen molar-refractivity contribution >= 4 is 63.6 Å². The molecule has 49 heavy (non-hydrogen) atoms. The van der Waals surface area contributed by atoms with E-state index in [1.165, 1.54) is 6.92 Å². The first-order chi connectivity index (χ1) is 23.7. The topological polar surface area (TPSA) is 224 Å². The van der Waals surface area contributed by atoms with Crippen molar-refractivity contribution in [1.29, 1.82) is 0 Å². The maximum Gasteiger partial charge on any atom is 0.330 e. The number of benzene rings is 2. The lowest BCUT2D eigenvalue weighted by Crippen LogP contribution is -2.31. The molecule has 1 atom stereocenters. The Morgan fingerprint density at radius 1 is 0.939 bits per heavy atom. The molecule has 258 valence electrons. The third-order valence-corrected chi connectivity index (χ3v) is 7.09. The van der Waals surface area contributed by atoms with Gasteiger partial charge in [-0.2, -0.15) is 25.2 Å². The van der Waals surface area contributed by atoms with Crippen LogP contribution in [0, 0.1) is 0 Å². The SMILES string of the molecule is C=CC(=O)OCCNc1nc(NCCCN(CC)CC)nc(Nc2ccc(/N=N/C(C(C)=O)C(=O)Nc3ccc4[nH]c(=O)[nH]c4c3)cc2)n1. The van der Waals surface area contributed by atoms with E-state index in [0.29, 0.717) is 40.6 Å². The predicted molar refractivity (Wildman–Crippen MR) is 187 cm³/mol. The molecule has 0 bridgehead atoms. The van der Waals surface area contributed by atoms with Crippen molar-refractivity contribution in [1.82, 2.24) is 29.8 Å². The second-order valence-electron chi connectivity index (χ2n) is 10.6. The number of ketones is 1. The molecule has 4 rings (SSSR count). The van der Waals surface area contributed by atoms with Crippen LogP contribution in [0.4, 0.5) is 34.9 Å². The highest BCUT2D eigenvalue weighted by molar-refractivity contribution is 6.10. The minimum atomic E-state index is -1.38. The average Bonchev–Trinajstić information content (AvgIpc) is 3.46. The number of H-pyrrole nitrogens is 2. The van der Waals surface area contributed by atoms with Gasteiger partial charge in [0.1, 0.15) is 6.61 Å². The first kappa shape index (κ1) is 35.9. The van der Waals surface area contributed by atoms with Crippen LogP contribution < -0.4 is 27.0 Å². The van der Waals surface area contributed by atoms with Crippen LogP contribution in [0.25, 0.3) is 11.0 Å². The van der Waals surface area contributed by atoms with E-state index in [-0.39, 0.29) is 30.7 Å². The Hall–Kier alpha value is -5.97. The quantitative estimate of drug-likeness (QED) is 0.0275. The number of esters is 1. The lowest BCUT2D eigenvalue weighted by atomic mass is 10.2. The van der Waals surface area contributed by atoms with Crippen LogP contribution >= 0.6 is 0 Å². The van der Waals surface area contributed by atoms with Gasteiger partial charge in [-0.05, 0) is 75.4 Å². The number of nitrogens with zero attached hydrogens (tertiary/aromatic N) is 6. The van der Waals surface area contributed by atoms with E-state index >= 15 is 0 Å². The largest absolute Gasteiger partial charge is 0.461 e. The number of ether oxygens (including phenoxy) is 1. The monoisotopic (exact) mass is 672 g/mol. The third-order valence-electron chi connectivity index (χ3n) is 7.09. The summed E-state index contributed by atoms with van der Waals surface area (Å²) in [6.45, 7) is 12.8. The summed E-state index contributed by atoms with van der Waals surface area (Å²) in [6, 6.07) is 10.2. The molecular formula is C32H40N12O5. The van der Waals surface area contributed by atoms with Crippen molar-refractivity contribution in [2.75, 3.05) is 60.6 Å². The highest BCUT2D eigenvalue weighted by atomic mass is 16.5. The van der Waals surface area contributed by atoms with Gasteiger partial charge < -0.3 is 40.9 Å². The van der Waals surface area contributed by atoms with Gasteiger partial charge in [-0.1, -0.05) is 20.4 Å². The molecule has 17 nitrogen and oxygen atoms in total. The molecule has 2 aromatic carbocycles. The maximum atomic E-state index is 12.9. The minimum absolute atomic E-state index is 0.0967. The van der Waals surface area contributed by atoms with E-state index in [0.717, 1.165) is 32.1 Å². The number of anilines is 5. The van der Waals surface area contributed by atoms with Crippen LogP contribution in [0.15, 0.2) is 70.1 Å². The van der Waals surface area contributed by atoms with Gasteiger partial charge in [-0.15, -0.1) is 0 Å². The Kier molecular flexibility index (Phi) is 13.0. The fraction of sp³-hybridized carbons (Fsp3) is 0.344. The summed E-state index contributed by atoms with van der Waals surface area (Å²) < 4.78 is 5.01. The summed E-state index contributed by atoms with van der Waals surface area (Å²) in [5.41, 5.74) is 2.13. The molecule has 4 aromatic rings. The Morgan fingerprint density at radius 2 is 1.59 bits per heavy atom. The van der Waals surface area contributed by atoms with E-state index in [9.17, 15) is 19.2 Å². The fourth-order valence-corrected chi connectivity index (χ4v) is 4.51. The van der Waals surface area contributed by atoms with Gasteiger partial charge in [0, 0.05) is 24.0 Å². The first-order valence-corrected chi connectivity index (χ1v) is 15.7. The van der Waals surface area contributed by atoms with Crippen LogP contribution in [-0.2, 0) is 19.1 Å².